The van der Waals surface area contributed by atoms with Crippen molar-refractivity contribution in [1.29, 1.82) is 0 Å². The van der Waals surface area contributed by atoms with E-state index in [1.165, 1.54) is 0 Å². The molecule has 0 spiro atoms. The first kappa shape index (κ1) is 7.49. The summed E-state index contributed by atoms with van der Waals surface area (Å²) in [6, 6.07) is 5.63. The molecule has 0 unspecified atom stereocenters. The fraction of sp³-hybridized carbons (Fsp3) is 0. The number of aromatic nitrogens is 2. The van der Waals surface area contributed by atoms with Gasteiger partial charge >= 0.3 is 0 Å². The molecule has 0 radical (unpaired) electrons. The van der Waals surface area contributed by atoms with Gasteiger partial charge in [0.1, 0.15) is 5.69 Å². The van der Waals surface area contributed by atoms with E-state index < -0.39 is 0 Å². The summed E-state index contributed by atoms with van der Waals surface area (Å²) in [5.41, 5.74) is 0.788. The summed E-state index contributed by atoms with van der Waals surface area (Å²) in [7, 11) is 0. The maximum absolute atomic E-state index is 5.21. The van der Waals surface area contributed by atoms with Crippen molar-refractivity contribution in [2.45, 2.75) is 0 Å². The summed E-state index contributed by atoms with van der Waals surface area (Å²) in [5.74, 6) is 0.669. The topological polar surface area (TPSA) is 38.9 Å². The first-order valence-corrected chi connectivity index (χ1v) is 4.18. The van der Waals surface area contributed by atoms with Gasteiger partial charge in [-0.2, -0.15) is 0 Å². The fourth-order valence-electron chi connectivity index (χ4n) is 0.880. The predicted octanol–water partition coefficient (Wildman–Crippen LogP) is 2.50. The van der Waals surface area contributed by atoms with Crippen LogP contribution in [0.2, 0.25) is 0 Å². The number of halogens is 1. The Morgan fingerprint density at radius 3 is 2.75 bits per heavy atom. The van der Waals surface area contributed by atoms with E-state index in [4.69, 9.17) is 4.42 Å². The maximum atomic E-state index is 5.21. The Morgan fingerprint density at radius 1 is 1.25 bits per heavy atom. The summed E-state index contributed by atoms with van der Waals surface area (Å²) in [5, 5.41) is 0. The van der Waals surface area contributed by atoms with Gasteiger partial charge in [0.2, 0.25) is 0 Å². The molecule has 3 nitrogen and oxygen atoms in total. The van der Waals surface area contributed by atoms with Gasteiger partial charge in [-0.1, -0.05) is 6.07 Å². The lowest BCUT2D eigenvalue weighted by Crippen LogP contribution is -1.76. The molecule has 2 aromatic heterocycles. The van der Waals surface area contributed by atoms with Crippen molar-refractivity contribution in [2.24, 2.45) is 0 Å². The molecule has 0 atom stereocenters. The molecule has 12 heavy (non-hydrogen) atoms. The molecule has 4 heteroatoms. The first-order chi connectivity index (χ1) is 5.86. The maximum Gasteiger partial charge on any atom is 0.264 e. The van der Waals surface area contributed by atoms with Crippen LogP contribution in [0.4, 0.5) is 0 Å². The van der Waals surface area contributed by atoms with E-state index in [1.54, 1.807) is 12.4 Å². The number of hydrogen-bond donors (Lipinski definition) is 0. The average Bonchev–Trinajstić information content (AvgIpc) is 2.54. The van der Waals surface area contributed by atoms with Crippen LogP contribution in [0.3, 0.4) is 0 Å². The summed E-state index contributed by atoms with van der Waals surface area (Å²) >= 11 is 3.12. The zero-order valence-electron chi connectivity index (χ0n) is 6.07. The minimum Gasteiger partial charge on any atom is -0.429 e. The molecule has 0 saturated carbocycles. The lowest BCUT2D eigenvalue weighted by atomic mass is 10.3. The molecule has 0 N–H and O–H groups in total. The molecule has 0 saturated heterocycles. The minimum atomic E-state index is 0.475. The number of pyridine rings is 1. The van der Waals surface area contributed by atoms with Crippen molar-refractivity contribution >= 4 is 15.9 Å². The number of rotatable bonds is 1. The second-order valence-electron chi connectivity index (χ2n) is 2.19. The second-order valence-corrected chi connectivity index (χ2v) is 2.87. The van der Waals surface area contributed by atoms with E-state index in [0.29, 0.717) is 10.6 Å². The van der Waals surface area contributed by atoms with Crippen molar-refractivity contribution in [2.75, 3.05) is 0 Å². The van der Waals surface area contributed by atoms with Gasteiger partial charge in [-0.15, -0.1) is 0 Å². The summed E-state index contributed by atoms with van der Waals surface area (Å²) < 4.78 is 5.21. The van der Waals surface area contributed by atoms with Crippen LogP contribution in [-0.2, 0) is 0 Å². The predicted molar refractivity (Wildman–Crippen MR) is 47.4 cm³/mol. The molecule has 2 aromatic rings. The van der Waals surface area contributed by atoms with Crippen LogP contribution in [0.1, 0.15) is 0 Å². The summed E-state index contributed by atoms with van der Waals surface area (Å²) in [6.45, 7) is 0. The largest absolute Gasteiger partial charge is 0.429 e. The zero-order chi connectivity index (χ0) is 8.39. The zero-order valence-corrected chi connectivity index (χ0v) is 7.65. The Kier molecular flexibility index (Phi) is 1.91. The highest BCUT2D eigenvalue weighted by molar-refractivity contribution is 9.10. The van der Waals surface area contributed by atoms with Gasteiger partial charge in [0.25, 0.3) is 4.80 Å². The molecule has 0 fully saturated rings. The molecule has 60 valence electrons. The third-order valence-electron chi connectivity index (χ3n) is 1.39. The minimum absolute atomic E-state index is 0.475. The Hall–Kier alpha value is -1.16. The van der Waals surface area contributed by atoms with Gasteiger partial charge in [0, 0.05) is 22.1 Å². The van der Waals surface area contributed by atoms with Crippen molar-refractivity contribution in [3.05, 3.63) is 35.4 Å². The van der Waals surface area contributed by atoms with E-state index in [2.05, 4.69) is 25.9 Å². The molecule has 2 heterocycles. The quantitative estimate of drug-likeness (QED) is 0.748. The third-order valence-corrected chi connectivity index (χ3v) is 1.76. The molecule has 0 aliphatic carbocycles. The van der Waals surface area contributed by atoms with E-state index in [-0.39, 0.29) is 0 Å². The van der Waals surface area contributed by atoms with E-state index in [9.17, 15) is 0 Å². The highest BCUT2D eigenvalue weighted by atomic mass is 79.9. The molecule has 0 amide bonds. The molecule has 0 aromatic carbocycles. The molecular formula is C8H5BrN2O. The summed E-state index contributed by atoms with van der Waals surface area (Å²) in [6.07, 6.45) is 3.35. The van der Waals surface area contributed by atoms with Gasteiger partial charge < -0.3 is 4.42 Å². The van der Waals surface area contributed by atoms with Crippen LogP contribution in [-0.4, -0.2) is 9.97 Å². The Balaban J connectivity index is 2.45. The highest BCUT2D eigenvalue weighted by Gasteiger charge is 2.03. The van der Waals surface area contributed by atoms with Crippen molar-refractivity contribution in [1.82, 2.24) is 9.97 Å². The standard InChI is InChI=1S/C8H5BrN2O/c9-8-11-5-7(12-8)6-3-1-2-4-10-6/h1-5H. The number of hydrogen-bond acceptors (Lipinski definition) is 3. The summed E-state index contributed by atoms with van der Waals surface area (Å²) in [4.78, 5) is 8.49. The van der Waals surface area contributed by atoms with Crippen LogP contribution < -0.4 is 0 Å². The lowest BCUT2D eigenvalue weighted by molar-refractivity contribution is 0.540. The number of oxazole rings is 1. The van der Waals surface area contributed by atoms with Gasteiger partial charge in [-0.25, -0.2) is 4.98 Å². The Bertz CT molecular complexity index is 372. The Labute approximate surface area is 77.6 Å². The molecular weight excluding hydrogens is 220 g/mol. The van der Waals surface area contributed by atoms with Gasteiger partial charge in [0.15, 0.2) is 5.76 Å². The van der Waals surface area contributed by atoms with Crippen molar-refractivity contribution in [3.63, 3.8) is 0 Å². The number of nitrogens with zero attached hydrogens (tertiary/aromatic N) is 2. The normalized spacial score (nSPS) is 10.1. The van der Waals surface area contributed by atoms with E-state index >= 15 is 0 Å². The fourth-order valence-corrected chi connectivity index (χ4v) is 1.16. The van der Waals surface area contributed by atoms with Crippen LogP contribution in [0, 0.1) is 0 Å². The highest BCUT2D eigenvalue weighted by Crippen LogP contribution is 2.19. The average molecular weight is 225 g/mol. The SMILES string of the molecule is Brc1ncc(-c2ccccn2)o1. The Morgan fingerprint density at radius 2 is 2.17 bits per heavy atom. The third kappa shape index (κ3) is 1.38. The van der Waals surface area contributed by atoms with Crippen LogP contribution in [0.15, 0.2) is 39.8 Å². The molecule has 0 aliphatic heterocycles. The van der Waals surface area contributed by atoms with Crippen LogP contribution >= 0.6 is 15.9 Å². The smallest absolute Gasteiger partial charge is 0.264 e. The van der Waals surface area contributed by atoms with Crippen molar-refractivity contribution in [3.8, 4) is 11.5 Å². The molecule has 0 aliphatic rings. The van der Waals surface area contributed by atoms with E-state index in [1.807, 2.05) is 18.2 Å². The first-order valence-electron chi connectivity index (χ1n) is 3.39. The molecule has 2 rings (SSSR count). The van der Waals surface area contributed by atoms with Gasteiger partial charge in [-0.3, -0.25) is 4.98 Å². The van der Waals surface area contributed by atoms with Crippen LogP contribution in [0.5, 0.6) is 0 Å². The van der Waals surface area contributed by atoms with Crippen molar-refractivity contribution < 1.29 is 4.42 Å². The lowest BCUT2D eigenvalue weighted by Gasteiger charge is -1.91. The van der Waals surface area contributed by atoms with Gasteiger partial charge in [-0.05, 0) is 12.1 Å². The second kappa shape index (κ2) is 3.06. The van der Waals surface area contributed by atoms with Gasteiger partial charge in [0.05, 0.1) is 6.20 Å². The molecule has 0 bridgehead atoms. The van der Waals surface area contributed by atoms with Crippen LogP contribution in [0.25, 0.3) is 11.5 Å². The van der Waals surface area contributed by atoms with E-state index in [0.717, 1.165) is 5.69 Å². The monoisotopic (exact) mass is 224 g/mol.